The second-order valence-corrected chi connectivity index (χ2v) is 7.92. The quantitative estimate of drug-likeness (QED) is 0.518. The molecule has 2 aromatic rings. The zero-order valence-corrected chi connectivity index (χ0v) is 16.0. The lowest BCUT2D eigenvalue weighted by atomic mass is 10.2. The van der Waals surface area contributed by atoms with Crippen LogP contribution in [0.1, 0.15) is 12.5 Å². The number of rotatable bonds is 6. The van der Waals surface area contributed by atoms with E-state index in [1.54, 1.807) is 25.1 Å². The highest BCUT2D eigenvalue weighted by molar-refractivity contribution is 14.1. The predicted octanol–water partition coefficient (Wildman–Crippen LogP) is 3.24. The smallest absolute Gasteiger partial charge is 0.248 e. The van der Waals surface area contributed by atoms with Crippen molar-refractivity contribution in [3.8, 4) is 0 Å². The summed E-state index contributed by atoms with van der Waals surface area (Å²) in [6.07, 6.45) is 3.04. The lowest BCUT2D eigenvalue weighted by Crippen LogP contribution is -2.22. The van der Waals surface area contributed by atoms with Crippen LogP contribution in [0.4, 0.5) is 5.69 Å². The molecule has 0 atom stereocenters. The topological polar surface area (TPSA) is 75.3 Å². The van der Waals surface area contributed by atoms with Crippen LogP contribution in [0.3, 0.4) is 0 Å². The fraction of sp³-hybridized carbons (Fsp3) is 0.118. The van der Waals surface area contributed by atoms with Crippen molar-refractivity contribution >= 4 is 50.3 Å². The second-order valence-electron chi connectivity index (χ2n) is 4.90. The van der Waals surface area contributed by atoms with E-state index >= 15 is 0 Å². The average molecular weight is 456 g/mol. The van der Waals surface area contributed by atoms with E-state index in [-0.39, 0.29) is 10.8 Å². The van der Waals surface area contributed by atoms with Gasteiger partial charge in [-0.1, -0.05) is 25.1 Å². The number of amides is 1. The van der Waals surface area contributed by atoms with Crippen LogP contribution in [0, 0.1) is 3.57 Å². The molecule has 2 rings (SSSR count). The Morgan fingerprint density at radius 1 is 1.17 bits per heavy atom. The van der Waals surface area contributed by atoms with Gasteiger partial charge in [-0.15, -0.1) is 0 Å². The first-order valence-electron chi connectivity index (χ1n) is 7.25. The monoisotopic (exact) mass is 456 g/mol. The zero-order chi connectivity index (χ0) is 17.6. The molecule has 126 valence electrons. The van der Waals surface area contributed by atoms with Gasteiger partial charge in [-0.2, -0.15) is 0 Å². The average Bonchev–Trinajstić information content (AvgIpc) is 2.53. The summed E-state index contributed by atoms with van der Waals surface area (Å²) in [6, 6.07) is 13.8. The molecule has 0 unspecified atom stereocenters. The molecule has 0 heterocycles. The molecule has 1 amide bonds. The number of halogens is 1. The Morgan fingerprint density at radius 3 is 2.50 bits per heavy atom. The number of carbonyl (C=O) groups is 1. The number of hydrogen-bond acceptors (Lipinski definition) is 3. The summed E-state index contributed by atoms with van der Waals surface area (Å²) in [7, 11) is -3.46. The van der Waals surface area contributed by atoms with Gasteiger partial charge in [0.05, 0.1) is 4.90 Å². The molecule has 24 heavy (non-hydrogen) atoms. The third-order valence-electron chi connectivity index (χ3n) is 3.04. The number of hydrogen-bond donors (Lipinski definition) is 2. The summed E-state index contributed by atoms with van der Waals surface area (Å²) in [5.41, 5.74) is 1.46. The highest BCUT2D eigenvalue weighted by atomic mass is 127. The van der Waals surface area contributed by atoms with Gasteiger partial charge in [-0.3, -0.25) is 4.79 Å². The SMILES string of the molecule is CCNS(=O)(=O)c1ccc(/C=C/C(=O)Nc2cccc(I)c2)cc1. The highest BCUT2D eigenvalue weighted by Gasteiger charge is 2.11. The molecule has 5 nitrogen and oxygen atoms in total. The molecular weight excluding hydrogens is 439 g/mol. The Labute approximate surface area is 155 Å². The molecule has 0 aliphatic carbocycles. The molecule has 0 aliphatic rings. The van der Waals surface area contributed by atoms with Gasteiger partial charge >= 0.3 is 0 Å². The molecule has 0 saturated heterocycles. The Bertz CT molecular complexity index is 846. The van der Waals surface area contributed by atoms with Crippen LogP contribution in [0.15, 0.2) is 59.5 Å². The van der Waals surface area contributed by atoms with Gasteiger partial charge in [0, 0.05) is 21.9 Å². The molecule has 0 fully saturated rings. The van der Waals surface area contributed by atoms with E-state index in [1.165, 1.54) is 18.2 Å². The second kappa shape index (κ2) is 8.41. The summed E-state index contributed by atoms with van der Waals surface area (Å²) in [5, 5.41) is 2.77. The standard InChI is InChI=1S/C17H17IN2O3S/c1-2-19-24(22,23)16-9-6-13(7-10-16)8-11-17(21)20-15-5-3-4-14(18)12-15/h3-12,19H,2H2,1H3,(H,20,21)/b11-8+. The lowest BCUT2D eigenvalue weighted by molar-refractivity contribution is -0.111. The van der Waals surface area contributed by atoms with Crippen molar-refractivity contribution in [3.05, 3.63) is 63.7 Å². The van der Waals surface area contributed by atoms with Crippen LogP contribution in [0.2, 0.25) is 0 Å². The number of benzene rings is 2. The van der Waals surface area contributed by atoms with E-state index in [0.717, 1.165) is 14.8 Å². The van der Waals surface area contributed by atoms with Crippen LogP contribution in [-0.2, 0) is 14.8 Å². The van der Waals surface area contributed by atoms with Crippen LogP contribution in [-0.4, -0.2) is 20.9 Å². The van der Waals surface area contributed by atoms with Crippen molar-refractivity contribution in [3.63, 3.8) is 0 Å². The minimum Gasteiger partial charge on any atom is -0.322 e. The van der Waals surface area contributed by atoms with Gasteiger partial charge < -0.3 is 5.32 Å². The lowest BCUT2D eigenvalue weighted by Gasteiger charge is -2.04. The molecule has 0 spiro atoms. The number of anilines is 1. The van der Waals surface area contributed by atoms with Gasteiger partial charge in [-0.05, 0) is 64.6 Å². The fourth-order valence-corrected chi connectivity index (χ4v) is 3.54. The number of nitrogens with one attached hydrogen (secondary N) is 2. The van der Waals surface area contributed by atoms with E-state index < -0.39 is 10.0 Å². The van der Waals surface area contributed by atoms with Crippen molar-refractivity contribution in [1.29, 1.82) is 0 Å². The minimum atomic E-state index is -3.46. The molecule has 0 radical (unpaired) electrons. The number of carbonyl (C=O) groups excluding carboxylic acids is 1. The minimum absolute atomic E-state index is 0.199. The van der Waals surface area contributed by atoms with E-state index in [2.05, 4.69) is 32.6 Å². The van der Waals surface area contributed by atoms with Crippen molar-refractivity contribution in [2.24, 2.45) is 0 Å². The number of sulfonamides is 1. The van der Waals surface area contributed by atoms with Gasteiger partial charge in [0.25, 0.3) is 0 Å². The maximum absolute atomic E-state index is 11.9. The Kier molecular flexibility index (Phi) is 6.52. The van der Waals surface area contributed by atoms with Gasteiger partial charge in [0.15, 0.2) is 0 Å². The molecule has 0 bridgehead atoms. The van der Waals surface area contributed by atoms with E-state index in [0.29, 0.717) is 6.54 Å². The molecule has 2 N–H and O–H groups in total. The Hall–Kier alpha value is -1.71. The third kappa shape index (κ3) is 5.43. The maximum Gasteiger partial charge on any atom is 0.248 e. The molecule has 0 saturated carbocycles. The van der Waals surface area contributed by atoms with Crippen molar-refractivity contribution < 1.29 is 13.2 Å². The van der Waals surface area contributed by atoms with Gasteiger partial charge in [0.1, 0.15) is 0 Å². The fourth-order valence-electron chi connectivity index (χ4n) is 1.95. The largest absolute Gasteiger partial charge is 0.322 e. The first-order valence-corrected chi connectivity index (χ1v) is 9.81. The highest BCUT2D eigenvalue weighted by Crippen LogP contribution is 2.13. The first kappa shape index (κ1) is 18.6. The molecule has 7 heteroatoms. The normalized spacial score (nSPS) is 11.6. The summed E-state index contributed by atoms with van der Waals surface area (Å²) in [4.78, 5) is 12.1. The third-order valence-corrected chi connectivity index (χ3v) is 5.28. The van der Waals surface area contributed by atoms with Crippen molar-refractivity contribution in [1.82, 2.24) is 4.72 Å². The Morgan fingerprint density at radius 2 is 1.88 bits per heavy atom. The van der Waals surface area contributed by atoms with E-state index in [9.17, 15) is 13.2 Å². The molecular formula is C17H17IN2O3S. The zero-order valence-electron chi connectivity index (χ0n) is 13.0. The summed E-state index contributed by atoms with van der Waals surface area (Å²) >= 11 is 2.17. The molecule has 0 aromatic heterocycles. The predicted molar refractivity (Wildman–Crippen MR) is 104 cm³/mol. The van der Waals surface area contributed by atoms with Crippen LogP contribution in [0.25, 0.3) is 6.08 Å². The maximum atomic E-state index is 11.9. The van der Waals surface area contributed by atoms with E-state index in [1.807, 2.05) is 24.3 Å². The summed E-state index contributed by atoms with van der Waals surface area (Å²) in [6.45, 7) is 2.06. The molecule has 2 aromatic carbocycles. The van der Waals surface area contributed by atoms with E-state index in [4.69, 9.17) is 0 Å². The van der Waals surface area contributed by atoms with Crippen LogP contribution in [0.5, 0.6) is 0 Å². The van der Waals surface area contributed by atoms with Gasteiger partial charge in [-0.25, -0.2) is 13.1 Å². The van der Waals surface area contributed by atoms with Crippen molar-refractivity contribution in [2.45, 2.75) is 11.8 Å². The summed E-state index contributed by atoms with van der Waals surface area (Å²) in [5.74, 6) is -0.249. The molecule has 0 aliphatic heterocycles. The first-order chi connectivity index (χ1) is 11.4. The van der Waals surface area contributed by atoms with Gasteiger partial charge in [0.2, 0.25) is 15.9 Å². The Balaban J connectivity index is 2.03. The van der Waals surface area contributed by atoms with Crippen molar-refractivity contribution in [2.75, 3.05) is 11.9 Å². The van der Waals surface area contributed by atoms with Crippen LogP contribution >= 0.6 is 22.6 Å². The summed E-state index contributed by atoms with van der Waals surface area (Å²) < 4.78 is 27.2. The van der Waals surface area contributed by atoms with Crippen LogP contribution < -0.4 is 10.0 Å².